The van der Waals surface area contributed by atoms with Crippen molar-refractivity contribution >= 4 is 6.08 Å². The van der Waals surface area contributed by atoms with E-state index >= 15 is 0 Å². The Balaban J connectivity index is 1.90. The first-order valence-corrected chi connectivity index (χ1v) is 5.49. The first kappa shape index (κ1) is 10.6. The van der Waals surface area contributed by atoms with Crippen LogP contribution in [-0.4, -0.2) is 55.7 Å². The second-order valence-corrected chi connectivity index (χ2v) is 4.33. The molecule has 4 nitrogen and oxygen atoms in total. The van der Waals surface area contributed by atoms with Gasteiger partial charge in [-0.3, -0.25) is 4.90 Å². The summed E-state index contributed by atoms with van der Waals surface area (Å²) in [5, 5.41) is 0. The summed E-state index contributed by atoms with van der Waals surface area (Å²) in [5.41, 5.74) is 2.31. The highest BCUT2D eigenvalue weighted by atomic mass is 16.1. The molecule has 0 aromatic rings. The molecule has 0 radical (unpaired) electrons. The number of piperazine rings is 1. The normalized spacial score (nSPS) is 22.3. The van der Waals surface area contributed by atoms with Crippen LogP contribution in [0.25, 0.3) is 0 Å². The molecule has 0 amide bonds. The highest BCUT2D eigenvalue weighted by Gasteiger charge is 2.21. The number of hydrogen-bond donors (Lipinski definition) is 0. The lowest BCUT2D eigenvalue weighted by molar-refractivity contribution is 0.163. The van der Waals surface area contributed by atoms with Crippen LogP contribution in [0.3, 0.4) is 0 Å². The highest BCUT2D eigenvalue weighted by molar-refractivity contribution is 5.40. The lowest BCUT2D eigenvalue weighted by Crippen LogP contribution is -2.44. The van der Waals surface area contributed by atoms with Crippen molar-refractivity contribution in [3.05, 3.63) is 11.3 Å². The second-order valence-electron chi connectivity index (χ2n) is 4.33. The number of allylic oxidation sites excluding steroid dienone is 1. The van der Waals surface area contributed by atoms with Crippen molar-refractivity contribution in [3.63, 3.8) is 0 Å². The average Bonchev–Trinajstić information content (AvgIpc) is 3.04. The maximum atomic E-state index is 10.3. The molecule has 2 rings (SSSR count). The minimum atomic E-state index is 0.832. The highest BCUT2D eigenvalue weighted by Crippen LogP contribution is 2.32. The molecule has 0 unspecified atom stereocenters. The summed E-state index contributed by atoms with van der Waals surface area (Å²) in [6.07, 6.45) is 3.91. The molecule has 1 saturated carbocycles. The van der Waals surface area contributed by atoms with Crippen LogP contribution in [0.15, 0.2) is 16.3 Å². The molecule has 0 N–H and O–H groups in total. The SMILES string of the molecule is CN1CCN(CC(N=C=O)=C2CC2)CC1. The summed E-state index contributed by atoms with van der Waals surface area (Å²) in [6.45, 7) is 5.18. The number of hydrogen-bond acceptors (Lipinski definition) is 4. The van der Waals surface area contributed by atoms with E-state index in [-0.39, 0.29) is 0 Å². The van der Waals surface area contributed by atoms with E-state index in [2.05, 4.69) is 21.8 Å². The van der Waals surface area contributed by atoms with Gasteiger partial charge in [0.2, 0.25) is 6.08 Å². The zero-order chi connectivity index (χ0) is 10.7. The van der Waals surface area contributed by atoms with E-state index < -0.39 is 0 Å². The van der Waals surface area contributed by atoms with Crippen molar-refractivity contribution < 1.29 is 4.79 Å². The third-order valence-electron chi connectivity index (χ3n) is 3.06. The van der Waals surface area contributed by atoms with Crippen molar-refractivity contribution in [2.24, 2.45) is 4.99 Å². The lowest BCUT2D eigenvalue weighted by atomic mass is 10.3. The Bertz CT molecular complexity index is 304. The number of likely N-dealkylation sites (N-methyl/N-ethyl adjacent to an activating group) is 1. The molecule has 1 saturated heterocycles. The van der Waals surface area contributed by atoms with Gasteiger partial charge in [0, 0.05) is 32.7 Å². The molecule has 2 aliphatic rings. The molecule has 0 aromatic heterocycles. The molecule has 4 heteroatoms. The van der Waals surface area contributed by atoms with Crippen LogP contribution in [0, 0.1) is 0 Å². The largest absolute Gasteiger partial charge is 0.304 e. The number of nitrogens with zero attached hydrogens (tertiary/aromatic N) is 3. The van der Waals surface area contributed by atoms with Gasteiger partial charge in [0.15, 0.2) is 0 Å². The Morgan fingerprint density at radius 2 is 2.00 bits per heavy atom. The zero-order valence-electron chi connectivity index (χ0n) is 9.20. The molecule has 15 heavy (non-hydrogen) atoms. The van der Waals surface area contributed by atoms with E-state index in [0.717, 1.165) is 51.3 Å². The molecule has 82 valence electrons. The standard InChI is InChI=1S/C11H17N3O/c1-13-4-6-14(7-5-13)8-11(12-9-15)10-2-3-10/h2-8H2,1H3. The summed E-state index contributed by atoms with van der Waals surface area (Å²) in [5.74, 6) is 0. The van der Waals surface area contributed by atoms with E-state index in [4.69, 9.17) is 0 Å². The average molecular weight is 207 g/mol. The zero-order valence-corrected chi connectivity index (χ0v) is 9.20. The van der Waals surface area contributed by atoms with Crippen LogP contribution < -0.4 is 0 Å². The fourth-order valence-electron chi connectivity index (χ4n) is 1.85. The Kier molecular flexibility index (Phi) is 3.31. The first-order valence-electron chi connectivity index (χ1n) is 5.49. The van der Waals surface area contributed by atoms with Gasteiger partial charge in [-0.2, -0.15) is 4.99 Å². The summed E-state index contributed by atoms with van der Waals surface area (Å²) in [6, 6.07) is 0. The monoisotopic (exact) mass is 207 g/mol. The topological polar surface area (TPSA) is 35.9 Å². The Labute approximate surface area is 90.3 Å². The third kappa shape index (κ3) is 2.99. The molecule has 1 heterocycles. The Hall–Kier alpha value is -0.960. The van der Waals surface area contributed by atoms with Crippen molar-refractivity contribution in [3.8, 4) is 0 Å². The van der Waals surface area contributed by atoms with Crippen LogP contribution >= 0.6 is 0 Å². The molecule has 0 bridgehead atoms. The first-order chi connectivity index (χ1) is 7.29. The van der Waals surface area contributed by atoms with E-state index in [1.807, 2.05) is 0 Å². The van der Waals surface area contributed by atoms with E-state index in [0.29, 0.717) is 0 Å². The van der Waals surface area contributed by atoms with Crippen LogP contribution in [0.1, 0.15) is 12.8 Å². The maximum Gasteiger partial charge on any atom is 0.240 e. The minimum absolute atomic E-state index is 0.832. The fraction of sp³-hybridized carbons (Fsp3) is 0.727. The predicted octanol–water partition coefficient (Wildman–Crippen LogP) is 0.617. The number of rotatable bonds is 3. The smallest absolute Gasteiger partial charge is 0.240 e. The van der Waals surface area contributed by atoms with Crippen molar-refractivity contribution in [1.29, 1.82) is 0 Å². The summed E-state index contributed by atoms with van der Waals surface area (Å²) < 4.78 is 0. The van der Waals surface area contributed by atoms with Crippen LogP contribution in [-0.2, 0) is 4.79 Å². The summed E-state index contributed by atoms with van der Waals surface area (Å²) >= 11 is 0. The van der Waals surface area contributed by atoms with E-state index in [1.54, 1.807) is 6.08 Å². The molecule has 0 spiro atoms. The van der Waals surface area contributed by atoms with Crippen molar-refractivity contribution in [2.75, 3.05) is 39.8 Å². The summed E-state index contributed by atoms with van der Waals surface area (Å²) in [4.78, 5) is 18.8. The minimum Gasteiger partial charge on any atom is -0.304 e. The van der Waals surface area contributed by atoms with Gasteiger partial charge in [-0.25, -0.2) is 4.79 Å². The predicted molar refractivity (Wildman–Crippen MR) is 58.3 cm³/mol. The van der Waals surface area contributed by atoms with Gasteiger partial charge in [0.05, 0.1) is 5.70 Å². The Morgan fingerprint density at radius 3 is 2.53 bits per heavy atom. The van der Waals surface area contributed by atoms with Gasteiger partial charge >= 0.3 is 0 Å². The van der Waals surface area contributed by atoms with E-state index in [9.17, 15) is 4.79 Å². The molecule has 1 aliphatic heterocycles. The third-order valence-corrected chi connectivity index (χ3v) is 3.06. The molecule has 0 aromatic carbocycles. The number of isocyanates is 1. The molecular weight excluding hydrogens is 190 g/mol. The van der Waals surface area contributed by atoms with Crippen molar-refractivity contribution in [2.45, 2.75) is 12.8 Å². The van der Waals surface area contributed by atoms with Gasteiger partial charge in [0.1, 0.15) is 0 Å². The van der Waals surface area contributed by atoms with Crippen LogP contribution in [0.2, 0.25) is 0 Å². The van der Waals surface area contributed by atoms with Gasteiger partial charge in [0.25, 0.3) is 0 Å². The van der Waals surface area contributed by atoms with E-state index in [1.165, 1.54) is 5.57 Å². The van der Waals surface area contributed by atoms with Gasteiger partial charge in [-0.15, -0.1) is 0 Å². The fourth-order valence-corrected chi connectivity index (χ4v) is 1.85. The quantitative estimate of drug-likeness (QED) is 0.502. The van der Waals surface area contributed by atoms with Gasteiger partial charge < -0.3 is 4.90 Å². The maximum absolute atomic E-state index is 10.3. The molecule has 2 fully saturated rings. The summed E-state index contributed by atoms with van der Waals surface area (Å²) in [7, 11) is 2.14. The van der Waals surface area contributed by atoms with Gasteiger partial charge in [-0.1, -0.05) is 0 Å². The lowest BCUT2D eigenvalue weighted by Gasteiger charge is -2.32. The number of carbonyl (C=O) groups excluding carboxylic acids is 1. The molecule has 1 aliphatic carbocycles. The van der Waals surface area contributed by atoms with Gasteiger partial charge in [-0.05, 0) is 25.5 Å². The molecular formula is C11H17N3O. The molecule has 0 atom stereocenters. The second kappa shape index (κ2) is 4.71. The Morgan fingerprint density at radius 1 is 1.33 bits per heavy atom. The number of aliphatic imine (C=N–C) groups is 1. The van der Waals surface area contributed by atoms with Crippen LogP contribution in [0.4, 0.5) is 0 Å². The van der Waals surface area contributed by atoms with Crippen LogP contribution in [0.5, 0.6) is 0 Å². The van der Waals surface area contributed by atoms with Crippen molar-refractivity contribution in [1.82, 2.24) is 9.80 Å².